The molecule has 0 unspecified atom stereocenters. The van der Waals surface area contributed by atoms with E-state index < -0.39 is 17.3 Å². The Hall–Kier alpha value is -0.690. The molecule has 0 saturated heterocycles. The summed E-state index contributed by atoms with van der Waals surface area (Å²) in [6.45, 7) is 3.13. The molecular formula is C11H13FINO2. The van der Waals surface area contributed by atoms with Crippen molar-refractivity contribution in [1.29, 1.82) is 0 Å². The van der Waals surface area contributed by atoms with Gasteiger partial charge in [-0.1, -0.05) is 6.07 Å². The second-order valence-electron chi connectivity index (χ2n) is 4.09. The monoisotopic (exact) mass is 337 g/mol. The number of halogens is 2. The summed E-state index contributed by atoms with van der Waals surface area (Å²) in [5.41, 5.74) is -0.743. The topological polar surface area (TPSA) is 49.3 Å². The number of hydrogen-bond donors (Lipinski definition) is 2. The molecule has 0 atom stereocenters. The lowest BCUT2D eigenvalue weighted by Gasteiger charge is -2.23. The Labute approximate surface area is 107 Å². The first kappa shape index (κ1) is 13.4. The zero-order valence-electron chi connectivity index (χ0n) is 9.05. The van der Waals surface area contributed by atoms with Crippen LogP contribution in [0.4, 0.5) is 4.39 Å². The van der Waals surface area contributed by atoms with E-state index in [-0.39, 0.29) is 12.2 Å². The highest BCUT2D eigenvalue weighted by Gasteiger charge is 2.23. The fourth-order valence-electron chi connectivity index (χ4n) is 1.12. The first-order chi connectivity index (χ1) is 7.37. The summed E-state index contributed by atoms with van der Waals surface area (Å²) in [6, 6.07) is 4.44. The maximum Gasteiger partial charge on any atom is 0.255 e. The van der Waals surface area contributed by atoms with Crippen LogP contribution in [0.5, 0.6) is 0 Å². The summed E-state index contributed by atoms with van der Waals surface area (Å²) in [5.74, 6) is -1.07. The highest BCUT2D eigenvalue weighted by atomic mass is 127. The van der Waals surface area contributed by atoms with Crippen LogP contribution < -0.4 is 5.32 Å². The molecule has 0 spiro atoms. The smallest absolute Gasteiger partial charge is 0.255 e. The molecule has 0 bridgehead atoms. The van der Waals surface area contributed by atoms with Gasteiger partial charge in [0.05, 0.1) is 17.7 Å². The van der Waals surface area contributed by atoms with Crippen molar-refractivity contribution < 1.29 is 14.3 Å². The molecule has 0 radical (unpaired) electrons. The molecule has 0 aliphatic carbocycles. The van der Waals surface area contributed by atoms with Crippen molar-refractivity contribution in [2.24, 2.45) is 0 Å². The molecule has 3 nitrogen and oxygen atoms in total. The van der Waals surface area contributed by atoms with E-state index in [4.69, 9.17) is 5.11 Å². The summed E-state index contributed by atoms with van der Waals surface area (Å²) in [7, 11) is 0. The lowest BCUT2D eigenvalue weighted by atomic mass is 10.1. The van der Waals surface area contributed by atoms with Gasteiger partial charge in [-0.25, -0.2) is 4.39 Å². The van der Waals surface area contributed by atoms with Crippen LogP contribution in [-0.4, -0.2) is 23.2 Å². The zero-order chi connectivity index (χ0) is 12.3. The first-order valence-corrected chi connectivity index (χ1v) is 5.82. The minimum atomic E-state index is -0.761. The lowest BCUT2D eigenvalue weighted by Crippen LogP contribution is -2.46. The molecule has 1 aromatic carbocycles. The van der Waals surface area contributed by atoms with Gasteiger partial charge in [-0.15, -0.1) is 0 Å². The molecule has 0 aliphatic heterocycles. The quantitative estimate of drug-likeness (QED) is 0.828. The first-order valence-electron chi connectivity index (χ1n) is 4.75. The van der Waals surface area contributed by atoms with E-state index >= 15 is 0 Å². The fraction of sp³-hybridized carbons (Fsp3) is 0.364. The number of aliphatic hydroxyl groups excluding tert-OH is 1. The molecule has 0 aliphatic rings. The summed E-state index contributed by atoms with van der Waals surface area (Å²) in [5, 5.41) is 11.6. The van der Waals surface area contributed by atoms with Crippen LogP contribution in [0, 0.1) is 9.39 Å². The molecule has 16 heavy (non-hydrogen) atoms. The van der Waals surface area contributed by atoms with E-state index in [9.17, 15) is 9.18 Å². The summed E-state index contributed by atoms with van der Waals surface area (Å²) >= 11 is 1.90. The molecule has 5 heteroatoms. The highest BCUT2D eigenvalue weighted by Crippen LogP contribution is 2.16. The Morgan fingerprint density at radius 2 is 2.19 bits per heavy atom. The van der Waals surface area contributed by atoms with Gasteiger partial charge in [0, 0.05) is 3.57 Å². The third-order valence-electron chi connectivity index (χ3n) is 2.04. The van der Waals surface area contributed by atoms with E-state index in [0.717, 1.165) is 0 Å². The number of rotatable bonds is 3. The number of amides is 1. The molecule has 2 N–H and O–H groups in total. The number of carbonyl (C=O) groups is 1. The van der Waals surface area contributed by atoms with Gasteiger partial charge >= 0.3 is 0 Å². The molecule has 1 aromatic rings. The van der Waals surface area contributed by atoms with Crippen molar-refractivity contribution in [3.8, 4) is 0 Å². The van der Waals surface area contributed by atoms with Crippen LogP contribution in [0.2, 0.25) is 0 Å². The number of carbonyl (C=O) groups excluding carboxylic acids is 1. The van der Waals surface area contributed by atoms with Crippen molar-refractivity contribution in [3.05, 3.63) is 33.1 Å². The fourth-order valence-corrected chi connectivity index (χ4v) is 1.83. The van der Waals surface area contributed by atoms with Crippen molar-refractivity contribution in [2.45, 2.75) is 19.4 Å². The van der Waals surface area contributed by atoms with Crippen molar-refractivity contribution in [1.82, 2.24) is 5.32 Å². The molecule has 1 rings (SSSR count). The molecule has 0 aromatic heterocycles. The van der Waals surface area contributed by atoms with E-state index in [1.807, 2.05) is 22.6 Å². The molecule has 88 valence electrons. The highest BCUT2D eigenvalue weighted by molar-refractivity contribution is 14.1. The normalized spacial score (nSPS) is 11.3. The summed E-state index contributed by atoms with van der Waals surface area (Å²) in [6.07, 6.45) is 0. The molecule has 0 saturated carbocycles. The second-order valence-corrected chi connectivity index (χ2v) is 5.25. The Morgan fingerprint density at radius 3 is 2.69 bits per heavy atom. The Kier molecular flexibility index (Phi) is 4.26. The minimum absolute atomic E-state index is 0.0182. The van der Waals surface area contributed by atoms with Crippen LogP contribution in [0.25, 0.3) is 0 Å². The van der Waals surface area contributed by atoms with E-state index in [1.165, 1.54) is 6.07 Å². The van der Waals surface area contributed by atoms with Gasteiger partial charge in [0.15, 0.2) is 0 Å². The zero-order valence-corrected chi connectivity index (χ0v) is 11.2. The minimum Gasteiger partial charge on any atom is -0.394 e. The van der Waals surface area contributed by atoms with Gasteiger partial charge in [-0.2, -0.15) is 0 Å². The lowest BCUT2D eigenvalue weighted by molar-refractivity contribution is 0.0864. The third kappa shape index (κ3) is 3.15. The van der Waals surface area contributed by atoms with Crippen LogP contribution in [0.1, 0.15) is 24.2 Å². The van der Waals surface area contributed by atoms with Crippen LogP contribution in [0.3, 0.4) is 0 Å². The maximum absolute atomic E-state index is 13.5. The predicted octanol–water partition coefficient (Wildman–Crippen LogP) is 1.93. The van der Waals surface area contributed by atoms with Crippen LogP contribution >= 0.6 is 22.6 Å². The average molecular weight is 337 g/mol. The van der Waals surface area contributed by atoms with Crippen molar-refractivity contribution in [2.75, 3.05) is 6.61 Å². The standard InChI is InChI=1S/C11H13FINO2/c1-11(2,6-15)14-10(16)9-7(12)4-3-5-8(9)13/h3-5,15H,6H2,1-2H3,(H,14,16). The molecule has 0 heterocycles. The number of aliphatic hydroxyl groups is 1. The predicted molar refractivity (Wildman–Crippen MR) is 67.7 cm³/mol. The van der Waals surface area contributed by atoms with E-state index in [0.29, 0.717) is 3.57 Å². The van der Waals surface area contributed by atoms with Crippen molar-refractivity contribution in [3.63, 3.8) is 0 Å². The largest absolute Gasteiger partial charge is 0.394 e. The van der Waals surface area contributed by atoms with Gasteiger partial charge in [0.25, 0.3) is 5.91 Å². The molecule has 0 fully saturated rings. The van der Waals surface area contributed by atoms with E-state index in [1.54, 1.807) is 26.0 Å². The number of hydrogen-bond acceptors (Lipinski definition) is 2. The van der Waals surface area contributed by atoms with Crippen LogP contribution in [0.15, 0.2) is 18.2 Å². The Morgan fingerprint density at radius 1 is 1.56 bits per heavy atom. The van der Waals surface area contributed by atoms with E-state index in [2.05, 4.69) is 5.32 Å². The van der Waals surface area contributed by atoms with Gasteiger partial charge in [0.1, 0.15) is 5.82 Å². The SMILES string of the molecule is CC(C)(CO)NC(=O)c1c(F)cccc1I. The van der Waals surface area contributed by atoms with Gasteiger partial charge in [0.2, 0.25) is 0 Å². The Balaban J connectivity index is 2.98. The molecule has 1 amide bonds. The van der Waals surface area contributed by atoms with Gasteiger partial charge < -0.3 is 10.4 Å². The van der Waals surface area contributed by atoms with Crippen molar-refractivity contribution >= 4 is 28.5 Å². The molecular weight excluding hydrogens is 324 g/mol. The second kappa shape index (κ2) is 5.09. The van der Waals surface area contributed by atoms with Gasteiger partial charge in [-0.3, -0.25) is 4.79 Å². The summed E-state index contributed by atoms with van der Waals surface area (Å²) < 4.78 is 14.0. The van der Waals surface area contributed by atoms with Crippen LogP contribution in [-0.2, 0) is 0 Å². The number of nitrogens with one attached hydrogen (secondary N) is 1. The average Bonchev–Trinajstić information content (AvgIpc) is 2.16. The Bertz CT molecular complexity index is 387. The third-order valence-corrected chi connectivity index (χ3v) is 2.94. The maximum atomic E-state index is 13.5. The summed E-state index contributed by atoms with van der Waals surface area (Å²) in [4.78, 5) is 11.8. The number of benzene rings is 1. The van der Waals surface area contributed by atoms with Gasteiger partial charge in [-0.05, 0) is 48.6 Å².